The molecular weight excluding hydrogens is 362 g/mol. The van der Waals surface area contributed by atoms with Crippen molar-refractivity contribution in [1.82, 2.24) is 9.80 Å². The molecule has 2 aromatic carbocycles. The zero-order chi connectivity index (χ0) is 19.8. The number of phenols is 1. The number of phenolic OH excluding ortho intramolecular Hbond substituents is 1. The van der Waals surface area contributed by atoms with Gasteiger partial charge >= 0.3 is 6.03 Å². The van der Waals surface area contributed by atoms with Crippen LogP contribution in [0.4, 0.5) is 10.5 Å². The minimum atomic E-state index is -0.000319. The van der Waals surface area contributed by atoms with E-state index in [1.54, 1.807) is 0 Å². The fraction of sp³-hybridized carbons (Fsp3) is 0.458. The Hall–Kier alpha value is -2.53. The van der Waals surface area contributed by atoms with Crippen LogP contribution in [0.2, 0.25) is 0 Å². The van der Waals surface area contributed by atoms with Gasteiger partial charge in [-0.1, -0.05) is 24.3 Å². The zero-order valence-electron chi connectivity index (χ0n) is 16.8. The van der Waals surface area contributed by atoms with Crippen molar-refractivity contribution in [3.63, 3.8) is 0 Å². The van der Waals surface area contributed by atoms with Crippen LogP contribution in [0, 0.1) is 11.3 Å². The van der Waals surface area contributed by atoms with Gasteiger partial charge in [0.25, 0.3) is 0 Å². The molecule has 5 heteroatoms. The van der Waals surface area contributed by atoms with Crippen molar-refractivity contribution in [3.8, 4) is 5.75 Å². The molecule has 29 heavy (non-hydrogen) atoms. The summed E-state index contributed by atoms with van der Waals surface area (Å²) >= 11 is 0. The van der Waals surface area contributed by atoms with Gasteiger partial charge in [-0.15, -0.1) is 0 Å². The number of rotatable bonds is 1. The van der Waals surface area contributed by atoms with E-state index in [1.165, 1.54) is 17.5 Å². The third-order valence-corrected chi connectivity index (χ3v) is 8.15. The molecule has 4 atom stereocenters. The fourth-order valence-corrected chi connectivity index (χ4v) is 7.33. The van der Waals surface area contributed by atoms with Crippen LogP contribution in [0.3, 0.4) is 0 Å². The van der Waals surface area contributed by atoms with Crippen LogP contribution in [-0.4, -0.2) is 53.7 Å². The molecule has 2 saturated heterocycles. The minimum Gasteiger partial charge on any atom is -0.508 e. The van der Waals surface area contributed by atoms with E-state index in [4.69, 9.17) is 0 Å². The summed E-state index contributed by atoms with van der Waals surface area (Å²) in [7, 11) is 2.23. The number of anilines is 1. The second-order valence-electron chi connectivity index (χ2n) is 9.67. The molecule has 6 rings (SSSR count). The highest BCUT2D eigenvalue weighted by molar-refractivity contribution is 5.89. The Labute approximate surface area is 171 Å². The van der Waals surface area contributed by atoms with Crippen LogP contribution in [0.15, 0.2) is 48.5 Å². The minimum absolute atomic E-state index is 0.000319. The number of hydrogen-bond acceptors (Lipinski definition) is 3. The summed E-state index contributed by atoms with van der Waals surface area (Å²) in [5, 5.41) is 13.3. The molecule has 2 N–H and O–H groups in total. The van der Waals surface area contributed by atoms with E-state index < -0.39 is 0 Å². The fourth-order valence-electron chi connectivity index (χ4n) is 7.33. The number of carbonyl (C=O) groups excluding carboxylic acids is 1. The lowest BCUT2D eigenvalue weighted by Crippen LogP contribution is -2.64. The third kappa shape index (κ3) is 2.28. The normalized spacial score (nSPS) is 34.6. The molecule has 4 aliphatic rings. The van der Waals surface area contributed by atoms with Crippen molar-refractivity contribution < 1.29 is 9.90 Å². The summed E-state index contributed by atoms with van der Waals surface area (Å²) in [5.41, 5.74) is 4.03. The van der Waals surface area contributed by atoms with Gasteiger partial charge < -0.3 is 20.2 Å². The second kappa shape index (κ2) is 5.76. The van der Waals surface area contributed by atoms with Crippen molar-refractivity contribution in [2.45, 2.75) is 30.7 Å². The third-order valence-electron chi connectivity index (χ3n) is 8.15. The largest absolute Gasteiger partial charge is 0.508 e. The molecule has 2 aliphatic carbocycles. The Morgan fingerprint density at radius 3 is 2.83 bits per heavy atom. The number of fused-ring (bicyclic) bond motifs is 2. The number of carbonyl (C=O) groups is 1. The highest BCUT2D eigenvalue weighted by Crippen LogP contribution is 2.68. The van der Waals surface area contributed by atoms with Gasteiger partial charge in [0.1, 0.15) is 5.75 Å². The SMILES string of the molecule is CN1CC23Cc4ccc(O)cc4C4(CCN(C(=O)Nc5ccccc5)C[C@H]4C12)C3. The van der Waals surface area contributed by atoms with Crippen molar-refractivity contribution in [2.24, 2.45) is 11.3 Å². The van der Waals surface area contributed by atoms with Crippen LogP contribution in [0.25, 0.3) is 0 Å². The number of piperidine rings is 1. The number of likely N-dealkylation sites (tertiary alicyclic amines) is 2. The van der Waals surface area contributed by atoms with Crippen LogP contribution >= 0.6 is 0 Å². The van der Waals surface area contributed by atoms with Gasteiger partial charge in [-0.3, -0.25) is 0 Å². The van der Waals surface area contributed by atoms with Gasteiger partial charge in [-0.2, -0.15) is 0 Å². The number of benzene rings is 2. The second-order valence-corrected chi connectivity index (χ2v) is 9.67. The summed E-state index contributed by atoms with van der Waals surface area (Å²) in [4.78, 5) is 17.5. The Balaban J connectivity index is 1.34. The van der Waals surface area contributed by atoms with Gasteiger partial charge in [-0.25, -0.2) is 4.79 Å². The maximum absolute atomic E-state index is 13.0. The summed E-state index contributed by atoms with van der Waals surface area (Å²) in [5.74, 6) is 0.782. The molecule has 2 aromatic rings. The zero-order valence-corrected chi connectivity index (χ0v) is 16.8. The number of hydrogen-bond donors (Lipinski definition) is 2. The molecule has 150 valence electrons. The first-order valence-electron chi connectivity index (χ1n) is 10.6. The van der Waals surface area contributed by atoms with E-state index in [1.807, 2.05) is 47.4 Å². The molecule has 2 amide bonds. The summed E-state index contributed by atoms with van der Waals surface area (Å²) in [6.45, 7) is 2.69. The predicted octanol–water partition coefficient (Wildman–Crippen LogP) is 3.44. The van der Waals surface area contributed by atoms with Gasteiger partial charge in [0.05, 0.1) is 0 Å². The quantitative estimate of drug-likeness (QED) is 0.786. The maximum Gasteiger partial charge on any atom is 0.321 e. The Morgan fingerprint density at radius 2 is 2.03 bits per heavy atom. The van der Waals surface area contributed by atoms with E-state index in [0.717, 1.165) is 38.2 Å². The predicted molar refractivity (Wildman–Crippen MR) is 112 cm³/mol. The molecule has 1 saturated carbocycles. The van der Waals surface area contributed by atoms with E-state index in [9.17, 15) is 9.90 Å². The average molecular weight is 389 g/mol. The number of nitrogens with one attached hydrogen (secondary N) is 1. The smallest absolute Gasteiger partial charge is 0.321 e. The summed E-state index contributed by atoms with van der Waals surface area (Å²) < 4.78 is 0. The molecule has 0 radical (unpaired) electrons. The lowest BCUT2D eigenvalue weighted by atomic mass is 9.61. The van der Waals surface area contributed by atoms with Gasteiger partial charge in [0, 0.05) is 48.1 Å². The first kappa shape index (κ1) is 17.3. The molecule has 3 unspecified atom stereocenters. The first-order chi connectivity index (χ1) is 14.0. The first-order valence-corrected chi connectivity index (χ1v) is 10.6. The van der Waals surface area contributed by atoms with Gasteiger partial charge in [0.2, 0.25) is 0 Å². The van der Waals surface area contributed by atoms with E-state index >= 15 is 0 Å². The number of amides is 2. The van der Waals surface area contributed by atoms with Crippen LogP contribution in [0.1, 0.15) is 24.0 Å². The molecule has 2 spiro atoms. The molecule has 3 fully saturated rings. The lowest BCUT2D eigenvalue weighted by molar-refractivity contribution is -0.0539. The summed E-state index contributed by atoms with van der Waals surface area (Å²) in [6.07, 6.45) is 3.28. The van der Waals surface area contributed by atoms with E-state index in [-0.39, 0.29) is 11.4 Å². The van der Waals surface area contributed by atoms with Gasteiger partial charge in [-0.05, 0) is 61.7 Å². The number of para-hydroxylation sites is 1. The Morgan fingerprint density at radius 1 is 1.21 bits per heavy atom. The van der Waals surface area contributed by atoms with Crippen LogP contribution in [-0.2, 0) is 11.8 Å². The molecule has 2 aliphatic heterocycles. The standard InChI is InChI=1S/C24H27N3O2/c1-26-15-23-12-16-7-8-18(28)11-19(16)24(14-23)9-10-27(13-20(24)21(23)26)22(29)25-17-5-3-2-4-6-17/h2-8,11,20-21,28H,9-10,12-15H2,1H3,(H,25,29)/t20-,21?,23?,24?/m0/s1. The summed E-state index contributed by atoms with van der Waals surface area (Å²) in [6, 6.07) is 16.2. The topological polar surface area (TPSA) is 55.8 Å². The average Bonchev–Trinajstić information content (AvgIpc) is 2.89. The molecule has 2 bridgehead atoms. The molecule has 0 aromatic heterocycles. The highest BCUT2D eigenvalue weighted by Gasteiger charge is 2.70. The van der Waals surface area contributed by atoms with Crippen LogP contribution < -0.4 is 5.32 Å². The Kier molecular flexibility index (Phi) is 3.44. The number of urea groups is 1. The Bertz CT molecular complexity index is 993. The highest BCUT2D eigenvalue weighted by atomic mass is 16.3. The monoisotopic (exact) mass is 389 g/mol. The van der Waals surface area contributed by atoms with E-state index in [2.05, 4.69) is 23.3 Å². The molecule has 2 heterocycles. The lowest BCUT2D eigenvalue weighted by Gasteiger charge is -2.55. The maximum atomic E-state index is 13.0. The van der Waals surface area contributed by atoms with Gasteiger partial charge in [0.15, 0.2) is 0 Å². The van der Waals surface area contributed by atoms with Crippen molar-refractivity contribution in [2.75, 3.05) is 32.0 Å². The van der Waals surface area contributed by atoms with E-state index in [0.29, 0.717) is 23.1 Å². The molecular formula is C24H27N3O2. The van der Waals surface area contributed by atoms with Crippen molar-refractivity contribution in [3.05, 3.63) is 59.7 Å². The van der Waals surface area contributed by atoms with Crippen molar-refractivity contribution in [1.29, 1.82) is 0 Å². The number of aromatic hydroxyl groups is 1. The number of nitrogens with zero attached hydrogens (tertiary/aromatic N) is 2. The molecule has 5 nitrogen and oxygen atoms in total. The van der Waals surface area contributed by atoms with Crippen molar-refractivity contribution >= 4 is 11.7 Å². The van der Waals surface area contributed by atoms with Crippen LogP contribution in [0.5, 0.6) is 5.75 Å².